The van der Waals surface area contributed by atoms with Gasteiger partial charge < -0.3 is 20.1 Å². The Hall–Kier alpha value is -2.81. The second-order valence-corrected chi connectivity index (χ2v) is 11.1. The zero-order valence-electron chi connectivity index (χ0n) is 20.4. The van der Waals surface area contributed by atoms with Crippen LogP contribution in [-0.4, -0.2) is 41.6 Å². The van der Waals surface area contributed by atoms with Crippen molar-refractivity contribution >= 4 is 11.6 Å². The zero-order chi connectivity index (χ0) is 25.3. The summed E-state index contributed by atoms with van der Waals surface area (Å²) in [6, 6.07) is 4.81. The first kappa shape index (κ1) is 23.6. The number of nitrogens with zero attached hydrogens (tertiary/aromatic N) is 2. The standard InChI is InChI=1S/C27H31F3N4O2/c1-13(15-4-3-5-16(24(15)28)26(29)30)31-27(36)20-12-34(22-8-17(22)14-6-7-14)23(35)9-21(20)32-25-18-10-33(2)11-19(18)25/h3-5,9,12-14,17-19,22,25-26,32H,6-8,10-11H2,1-2H3,(H,31,36)/t13-,17-,18-,19+,22+,25?/m1/s1. The molecule has 4 aliphatic rings. The van der Waals surface area contributed by atoms with E-state index in [9.17, 15) is 22.8 Å². The van der Waals surface area contributed by atoms with Crippen molar-refractivity contribution in [3.63, 3.8) is 0 Å². The average molecular weight is 501 g/mol. The molecule has 1 unspecified atom stereocenters. The van der Waals surface area contributed by atoms with E-state index in [-0.39, 0.29) is 23.2 Å². The lowest BCUT2D eigenvalue weighted by atomic mass is 10.0. The summed E-state index contributed by atoms with van der Waals surface area (Å²) in [6.45, 7) is 3.52. The highest BCUT2D eigenvalue weighted by Gasteiger charge is 2.55. The molecule has 3 saturated carbocycles. The van der Waals surface area contributed by atoms with Gasteiger partial charge in [0.2, 0.25) is 0 Å². The lowest BCUT2D eigenvalue weighted by molar-refractivity contribution is 0.0939. The van der Waals surface area contributed by atoms with Crippen molar-refractivity contribution in [2.45, 2.75) is 50.7 Å². The molecule has 1 saturated heterocycles. The molecule has 3 aliphatic carbocycles. The predicted octanol–water partition coefficient (Wildman–Crippen LogP) is 4.36. The Morgan fingerprint density at radius 1 is 1.11 bits per heavy atom. The Balaban J connectivity index is 1.27. The maximum atomic E-state index is 14.7. The predicted molar refractivity (Wildman–Crippen MR) is 130 cm³/mol. The number of aromatic nitrogens is 1. The SMILES string of the molecule is C[C@@H](NC(=O)c1cn([C@H]2C[C@@H]2C2CC2)c(=O)cc1NC1[C@H]2CN(C)C[C@@H]12)c1cccc(C(F)F)c1F. The molecule has 0 radical (unpaired) electrons. The van der Waals surface area contributed by atoms with Gasteiger partial charge in [-0.1, -0.05) is 18.2 Å². The van der Waals surface area contributed by atoms with Crippen LogP contribution in [0.3, 0.4) is 0 Å². The van der Waals surface area contributed by atoms with Crippen LogP contribution in [0.15, 0.2) is 35.3 Å². The van der Waals surface area contributed by atoms with Crippen LogP contribution in [0.4, 0.5) is 18.9 Å². The number of pyridine rings is 1. The third-order valence-corrected chi connectivity index (χ3v) is 8.52. The van der Waals surface area contributed by atoms with Gasteiger partial charge in [0.1, 0.15) is 5.82 Å². The number of carbonyl (C=O) groups is 1. The highest BCUT2D eigenvalue weighted by molar-refractivity contribution is 5.99. The fraction of sp³-hybridized carbons (Fsp3) is 0.556. The molecule has 36 heavy (non-hydrogen) atoms. The molecule has 0 bridgehead atoms. The van der Waals surface area contributed by atoms with Crippen molar-refractivity contribution in [1.29, 1.82) is 0 Å². The summed E-state index contributed by atoms with van der Waals surface area (Å²) < 4.78 is 42.8. The van der Waals surface area contributed by atoms with E-state index < -0.39 is 29.8 Å². The molecule has 9 heteroatoms. The maximum absolute atomic E-state index is 14.7. The number of piperidine rings is 1. The Bertz CT molecular complexity index is 1250. The third-order valence-electron chi connectivity index (χ3n) is 8.52. The molecular weight excluding hydrogens is 469 g/mol. The van der Waals surface area contributed by atoms with Gasteiger partial charge in [-0.05, 0) is 56.9 Å². The smallest absolute Gasteiger partial charge is 0.266 e. The number of amides is 1. The van der Waals surface area contributed by atoms with Crippen molar-refractivity contribution in [3.8, 4) is 0 Å². The number of alkyl halides is 2. The highest BCUT2D eigenvalue weighted by atomic mass is 19.3. The average Bonchev–Trinajstić information content (AvgIpc) is 3.73. The minimum atomic E-state index is -2.94. The minimum absolute atomic E-state index is 0.000247. The van der Waals surface area contributed by atoms with Crippen molar-refractivity contribution in [1.82, 2.24) is 14.8 Å². The topological polar surface area (TPSA) is 66.4 Å². The monoisotopic (exact) mass is 500 g/mol. The van der Waals surface area contributed by atoms with Gasteiger partial charge in [-0.25, -0.2) is 13.2 Å². The van der Waals surface area contributed by atoms with E-state index in [2.05, 4.69) is 22.6 Å². The zero-order valence-corrected chi connectivity index (χ0v) is 20.4. The van der Waals surface area contributed by atoms with Crippen molar-refractivity contribution in [3.05, 3.63) is 63.3 Å². The van der Waals surface area contributed by atoms with Crippen molar-refractivity contribution in [2.75, 3.05) is 25.5 Å². The molecule has 6 nitrogen and oxygen atoms in total. The molecule has 1 aromatic carbocycles. The number of anilines is 1. The number of likely N-dealkylation sites (tertiary alicyclic amines) is 1. The lowest BCUT2D eigenvalue weighted by Gasteiger charge is -2.20. The Morgan fingerprint density at radius 2 is 1.81 bits per heavy atom. The fourth-order valence-electron chi connectivity index (χ4n) is 6.21. The van der Waals surface area contributed by atoms with Crippen LogP contribution >= 0.6 is 0 Å². The van der Waals surface area contributed by atoms with Crippen LogP contribution in [-0.2, 0) is 0 Å². The van der Waals surface area contributed by atoms with E-state index >= 15 is 0 Å². The van der Waals surface area contributed by atoms with Gasteiger partial charge in [-0.15, -0.1) is 0 Å². The van der Waals surface area contributed by atoms with Gasteiger partial charge in [0.05, 0.1) is 22.9 Å². The number of nitrogens with one attached hydrogen (secondary N) is 2. The lowest BCUT2D eigenvalue weighted by Crippen LogP contribution is -2.32. The molecule has 0 spiro atoms. The third kappa shape index (κ3) is 4.21. The molecular formula is C27H31F3N4O2. The van der Waals surface area contributed by atoms with Crippen LogP contribution in [0.2, 0.25) is 0 Å². The van der Waals surface area contributed by atoms with Crippen LogP contribution in [0.5, 0.6) is 0 Å². The maximum Gasteiger partial charge on any atom is 0.266 e. The summed E-state index contributed by atoms with van der Waals surface area (Å²) in [5, 5.41) is 6.21. The summed E-state index contributed by atoms with van der Waals surface area (Å²) in [5.74, 6) is 0.656. The summed E-state index contributed by atoms with van der Waals surface area (Å²) in [5.41, 5.74) is -0.0109. The van der Waals surface area contributed by atoms with Crippen LogP contribution in [0.1, 0.15) is 66.2 Å². The number of hydrogen-bond acceptors (Lipinski definition) is 4. The second-order valence-electron chi connectivity index (χ2n) is 11.1. The summed E-state index contributed by atoms with van der Waals surface area (Å²) in [6.07, 6.45) is 2.03. The van der Waals surface area contributed by atoms with Gasteiger partial charge >= 0.3 is 0 Å². The van der Waals surface area contributed by atoms with Gasteiger partial charge in [-0.3, -0.25) is 9.59 Å². The van der Waals surface area contributed by atoms with Crippen LogP contribution in [0.25, 0.3) is 0 Å². The molecule has 6 atom stereocenters. The molecule has 4 fully saturated rings. The summed E-state index contributed by atoms with van der Waals surface area (Å²) >= 11 is 0. The molecule has 1 aliphatic heterocycles. The first-order valence-corrected chi connectivity index (χ1v) is 12.8. The van der Waals surface area contributed by atoms with Gasteiger partial charge in [0.25, 0.3) is 17.9 Å². The van der Waals surface area contributed by atoms with E-state index in [1.807, 2.05) is 0 Å². The first-order chi connectivity index (χ1) is 17.2. The van der Waals surface area contributed by atoms with E-state index in [0.29, 0.717) is 34.9 Å². The first-order valence-electron chi connectivity index (χ1n) is 12.8. The fourth-order valence-corrected chi connectivity index (χ4v) is 6.21. The second kappa shape index (κ2) is 8.64. The number of fused-ring (bicyclic) bond motifs is 1. The van der Waals surface area contributed by atoms with E-state index in [0.717, 1.165) is 25.6 Å². The van der Waals surface area contributed by atoms with Crippen molar-refractivity contribution < 1.29 is 18.0 Å². The normalized spacial score (nSPS) is 29.7. The molecule has 6 rings (SSSR count). The van der Waals surface area contributed by atoms with Gasteiger partial charge in [0, 0.05) is 43.0 Å². The van der Waals surface area contributed by atoms with Gasteiger partial charge in [-0.2, -0.15) is 0 Å². The van der Waals surface area contributed by atoms with Crippen LogP contribution < -0.4 is 16.2 Å². The number of hydrogen-bond donors (Lipinski definition) is 2. The van der Waals surface area contributed by atoms with Crippen molar-refractivity contribution in [2.24, 2.45) is 23.7 Å². The Labute approximate surface area is 207 Å². The van der Waals surface area contributed by atoms with Crippen LogP contribution in [0, 0.1) is 29.5 Å². The Morgan fingerprint density at radius 3 is 2.47 bits per heavy atom. The largest absolute Gasteiger partial charge is 0.381 e. The summed E-state index contributed by atoms with van der Waals surface area (Å²) in [7, 11) is 2.08. The quantitative estimate of drug-likeness (QED) is 0.566. The Kier molecular flexibility index (Phi) is 5.66. The summed E-state index contributed by atoms with van der Waals surface area (Å²) in [4.78, 5) is 28.8. The minimum Gasteiger partial charge on any atom is -0.381 e. The van der Waals surface area contributed by atoms with E-state index in [1.165, 1.54) is 31.0 Å². The van der Waals surface area contributed by atoms with E-state index in [1.54, 1.807) is 17.7 Å². The number of benzene rings is 1. The highest BCUT2D eigenvalue weighted by Crippen LogP contribution is 2.56. The number of halogens is 3. The van der Waals surface area contributed by atoms with E-state index in [4.69, 9.17) is 0 Å². The number of rotatable bonds is 8. The molecule has 2 heterocycles. The number of carbonyl (C=O) groups excluding carboxylic acids is 1. The molecule has 1 aromatic heterocycles. The molecule has 2 aromatic rings. The van der Waals surface area contributed by atoms with Gasteiger partial charge in [0.15, 0.2) is 0 Å². The molecule has 2 N–H and O–H groups in total. The molecule has 1 amide bonds. The molecule has 192 valence electrons.